The lowest BCUT2D eigenvalue weighted by Crippen LogP contribution is -2.44. The van der Waals surface area contributed by atoms with Gasteiger partial charge in [0.05, 0.1) is 26.0 Å². The standard InChI is InChI=1S/C11H13F3N2O4/c12-11(13,14)7-16(3-4-17)6-9(18)15-10(19)8-2-1-5-20-8/h1-2,5,17H,3-4,6-7H2,(H,15,18,19). The summed E-state index contributed by atoms with van der Waals surface area (Å²) in [6, 6.07) is 2.74. The summed E-state index contributed by atoms with van der Waals surface area (Å²) < 4.78 is 41.4. The maximum atomic E-state index is 12.2. The Balaban J connectivity index is 2.51. The number of aliphatic hydroxyl groups is 1. The van der Waals surface area contributed by atoms with Crippen LogP contribution in [-0.4, -0.2) is 54.2 Å². The lowest BCUT2D eigenvalue weighted by Gasteiger charge is -2.21. The Hall–Kier alpha value is -1.87. The Bertz CT molecular complexity index is 445. The number of nitrogens with zero attached hydrogens (tertiary/aromatic N) is 1. The minimum absolute atomic E-state index is 0.122. The Morgan fingerprint density at radius 3 is 2.60 bits per heavy atom. The highest BCUT2D eigenvalue weighted by Gasteiger charge is 2.31. The zero-order valence-electron chi connectivity index (χ0n) is 10.3. The van der Waals surface area contributed by atoms with Gasteiger partial charge in [-0.15, -0.1) is 0 Å². The molecule has 0 saturated heterocycles. The smallest absolute Gasteiger partial charge is 0.401 e. The number of carbonyl (C=O) groups is 2. The zero-order chi connectivity index (χ0) is 15.2. The van der Waals surface area contributed by atoms with Gasteiger partial charge in [-0.1, -0.05) is 0 Å². The Labute approximate surface area is 112 Å². The second-order valence-corrected chi connectivity index (χ2v) is 3.90. The van der Waals surface area contributed by atoms with Crippen LogP contribution in [0.25, 0.3) is 0 Å². The molecule has 2 N–H and O–H groups in total. The number of imide groups is 1. The quantitative estimate of drug-likeness (QED) is 0.793. The van der Waals surface area contributed by atoms with Crippen LogP contribution in [0.1, 0.15) is 10.6 Å². The van der Waals surface area contributed by atoms with E-state index in [9.17, 15) is 22.8 Å². The molecule has 0 atom stereocenters. The van der Waals surface area contributed by atoms with Crippen molar-refractivity contribution in [1.29, 1.82) is 0 Å². The molecule has 6 nitrogen and oxygen atoms in total. The average Bonchev–Trinajstić information content (AvgIpc) is 2.79. The third-order valence-electron chi connectivity index (χ3n) is 2.18. The molecule has 9 heteroatoms. The van der Waals surface area contributed by atoms with E-state index in [1.165, 1.54) is 18.4 Å². The number of rotatable bonds is 6. The third kappa shape index (κ3) is 5.85. The van der Waals surface area contributed by atoms with E-state index in [1.807, 2.05) is 5.32 Å². The number of aliphatic hydroxyl groups excluding tert-OH is 1. The molecular formula is C11H13F3N2O4. The van der Waals surface area contributed by atoms with Crippen molar-refractivity contribution in [2.45, 2.75) is 6.18 Å². The Morgan fingerprint density at radius 2 is 2.10 bits per heavy atom. The fourth-order valence-electron chi connectivity index (χ4n) is 1.45. The lowest BCUT2D eigenvalue weighted by atomic mass is 10.4. The summed E-state index contributed by atoms with van der Waals surface area (Å²) in [5.74, 6) is -1.87. The SMILES string of the molecule is O=C(CN(CCO)CC(F)(F)F)NC(=O)c1ccco1. The van der Waals surface area contributed by atoms with Gasteiger partial charge >= 0.3 is 6.18 Å². The van der Waals surface area contributed by atoms with Crippen molar-refractivity contribution in [2.75, 3.05) is 26.2 Å². The van der Waals surface area contributed by atoms with E-state index < -0.39 is 37.7 Å². The van der Waals surface area contributed by atoms with Gasteiger partial charge in [0.15, 0.2) is 5.76 Å². The molecule has 20 heavy (non-hydrogen) atoms. The maximum absolute atomic E-state index is 12.2. The van der Waals surface area contributed by atoms with Crippen molar-refractivity contribution in [1.82, 2.24) is 10.2 Å². The van der Waals surface area contributed by atoms with E-state index in [0.29, 0.717) is 4.90 Å². The first-order valence-corrected chi connectivity index (χ1v) is 5.59. The number of nitrogens with one attached hydrogen (secondary N) is 1. The van der Waals surface area contributed by atoms with Crippen LogP contribution in [0.15, 0.2) is 22.8 Å². The molecule has 0 unspecified atom stereocenters. The summed E-state index contributed by atoms with van der Waals surface area (Å²) in [5.41, 5.74) is 0. The van der Waals surface area contributed by atoms with Gasteiger partial charge in [-0.25, -0.2) is 0 Å². The zero-order valence-corrected chi connectivity index (χ0v) is 10.3. The van der Waals surface area contributed by atoms with Crippen molar-refractivity contribution in [3.63, 3.8) is 0 Å². The van der Waals surface area contributed by atoms with Gasteiger partial charge in [-0.3, -0.25) is 19.8 Å². The van der Waals surface area contributed by atoms with E-state index in [2.05, 4.69) is 0 Å². The maximum Gasteiger partial charge on any atom is 0.401 e. The summed E-state index contributed by atoms with van der Waals surface area (Å²) in [4.78, 5) is 23.6. The van der Waals surface area contributed by atoms with Crippen molar-refractivity contribution >= 4 is 11.8 Å². The summed E-state index contributed by atoms with van der Waals surface area (Å²) in [5, 5.41) is 10.6. The van der Waals surface area contributed by atoms with E-state index in [4.69, 9.17) is 9.52 Å². The molecule has 1 aromatic rings. The van der Waals surface area contributed by atoms with Crippen molar-refractivity contribution in [3.05, 3.63) is 24.2 Å². The first kappa shape index (κ1) is 16.2. The molecule has 112 valence electrons. The van der Waals surface area contributed by atoms with Crippen LogP contribution in [0.2, 0.25) is 0 Å². The molecule has 1 heterocycles. The van der Waals surface area contributed by atoms with E-state index in [1.54, 1.807) is 0 Å². The highest BCUT2D eigenvalue weighted by molar-refractivity contribution is 6.03. The minimum atomic E-state index is -4.50. The molecule has 0 radical (unpaired) electrons. The summed E-state index contributed by atoms with van der Waals surface area (Å²) >= 11 is 0. The van der Waals surface area contributed by atoms with Crippen molar-refractivity contribution in [3.8, 4) is 0 Å². The Morgan fingerprint density at radius 1 is 1.40 bits per heavy atom. The molecule has 0 bridgehead atoms. The number of hydrogen-bond donors (Lipinski definition) is 2. The van der Waals surface area contributed by atoms with Gasteiger partial charge in [-0.2, -0.15) is 13.2 Å². The van der Waals surface area contributed by atoms with Crippen LogP contribution in [0.3, 0.4) is 0 Å². The summed E-state index contributed by atoms with van der Waals surface area (Å²) in [7, 11) is 0. The van der Waals surface area contributed by atoms with Gasteiger partial charge < -0.3 is 9.52 Å². The number of halogens is 3. The van der Waals surface area contributed by atoms with Gasteiger partial charge in [0.25, 0.3) is 5.91 Å². The van der Waals surface area contributed by atoms with Crippen LogP contribution < -0.4 is 5.32 Å². The highest BCUT2D eigenvalue weighted by Crippen LogP contribution is 2.16. The molecule has 1 rings (SSSR count). The van der Waals surface area contributed by atoms with Gasteiger partial charge in [0.2, 0.25) is 5.91 Å². The summed E-state index contributed by atoms with van der Waals surface area (Å²) in [6.07, 6.45) is -3.28. The molecule has 0 spiro atoms. The number of amides is 2. The molecule has 0 aliphatic heterocycles. The first-order valence-electron chi connectivity index (χ1n) is 5.59. The summed E-state index contributed by atoms with van der Waals surface area (Å²) in [6.45, 7) is -2.88. The molecule has 0 fully saturated rings. The number of hydrogen-bond acceptors (Lipinski definition) is 5. The molecular weight excluding hydrogens is 281 g/mol. The van der Waals surface area contributed by atoms with Gasteiger partial charge in [0, 0.05) is 6.54 Å². The lowest BCUT2D eigenvalue weighted by molar-refractivity contribution is -0.149. The monoisotopic (exact) mass is 294 g/mol. The molecule has 0 aliphatic carbocycles. The highest BCUT2D eigenvalue weighted by atomic mass is 19.4. The normalized spacial score (nSPS) is 11.7. The van der Waals surface area contributed by atoms with E-state index in [-0.39, 0.29) is 12.3 Å². The number of furan rings is 1. The van der Waals surface area contributed by atoms with Crippen LogP contribution in [0.4, 0.5) is 13.2 Å². The fourth-order valence-corrected chi connectivity index (χ4v) is 1.45. The largest absolute Gasteiger partial charge is 0.459 e. The molecule has 2 amide bonds. The Kier molecular flexibility index (Phi) is 5.71. The second-order valence-electron chi connectivity index (χ2n) is 3.90. The van der Waals surface area contributed by atoms with Gasteiger partial charge in [-0.05, 0) is 12.1 Å². The number of alkyl halides is 3. The molecule has 1 aromatic heterocycles. The topological polar surface area (TPSA) is 82.8 Å². The van der Waals surface area contributed by atoms with Crippen molar-refractivity contribution in [2.24, 2.45) is 0 Å². The van der Waals surface area contributed by atoms with E-state index in [0.717, 1.165) is 0 Å². The third-order valence-corrected chi connectivity index (χ3v) is 2.18. The van der Waals surface area contributed by atoms with E-state index >= 15 is 0 Å². The fraction of sp³-hybridized carbons (Fsp3) is 0.455. The molecule has 0 aliphatic rings. The van der Waals surface area contributed by atoms with Crippen LogP contribution in [0, 0.1) is 0 Å². The molecule has 0 saturated carbocycles. The predicted molar refractivity (Wildman–Crippen MR) is 60.8 cm³/mol. The minimum Gasteiger partial charge on any atom is -0.459 e. The van der Waals surface area contributed by atoms with Crippen LogP contribution in [-0.2, 0) is 4.79 Å². The first-order chi connectivity index (χ1) is 9.31. The van der Waals surface area contributed by atoms with Crippen LogP contribution >= 0.6 is 0 Å². The van der Waals surface area contributed by atoms with Crippen LogP contribution in [0.5, 0.6) is 0 Å². The van der Waals surface area contributed by atoms with Crippen molar-refractivity contribution < 1.29 is 32.3 Å². The predicted octanol–water partition coefficient (Wildman–Crippen LogP) is 0.393. The van der Waals surface area contributed by atoms with Gasteiger partial charge in [0.1, 0.15) is 0 Å². The average molecular weight is 294 g/mol. The molecule has 0 aromatic carbocycles. The number of carbonyl (C=O) groups excluding carboxylic acids is 2. The second kappa shape index (κ2) is 7.06.